The van der Waals surface area contributed by atoms with E-state index in [9.17, 15) is 5.11 Å². The Morgan fingerprint density at radius 1 is 1.37 bits per heavy atom. The number of nitrogen functional groups attached to an aromatic ring is 1. The van der Waals surface area contributed by atoms with Crippen molar-refractivity contribution in [3.05, 3.63) is 18.5 Å². The van der Waals surface area contributed by atoms with Crippen molar-refractivity contribution in [2.24, 2.45) is 0 Å². The zero-order chi connectivity index (χ0) is 14.0. The lowest BCUT2D eigenvalue weighted by Gasteiger charge is -2.29. The highest BCUT2D eigenvalue weighted by Gasteiger charge is 2.25. The zero-order valence-corrected chi connectivity index (χ0v) is 11.1. The molecule has 0 aliphatic carbocycles. The van der Waals surface area contributed by atoms with E-state index < -0.39 is 11.6 Å². The molecule has 19 heavy (non-hydrogen) atoms. The maximum atomic E-state index is 9.68. The molecule has 0 aromatic carbocycles. The summed E-state index contributed by atoms with van der Waals surface area (Å²) in [5.74, 6) is 0.703. The van der Waals surface area contributed by atoms with Gasteiger partial charge in [0.15, 0.2) is 0 Å². The molecule has 0 bridgehead atoms. The van der Waals surface area contributed by atoms with Crippen molar-refractivity contribution in [1.29, 1.82) is 0 Å². The number of nitrogens with two attached hydrogens (primary N) is 1. The summed E-state index contributed by atoms with van der Waals surface area (Å²) in [4.78, 5) is 12.2. The number of nitrogens with zero attached hydrogens (tertiary/aromatic N) is 5. The Morgan fingerprint density at radius 2 is 2.11 bits per heavy atom. The number of anilines is 2. The molecule has 0 radical (unpaired) electrons. The summed E-state index contributed by atoms with van der Waals surface area (Å²) in [7, 11) is 0. The second kappa shape index (κ2) is 4.81. The highest BCUT2D eigenvalue weighted by molar-refractivity contribution is 5.37. The van der Waals surface area contributed by atoms with Crippen LogP contribution in [-0.4, -0.2) is 41.5 Å². The molecule has 0 aliphatic heterocycles. The third-order valence-corrected chi connectivity index (χ3v) is 2.83. The SMILES string of the molecule is CC(O)C(C)(C)Nc1nc(N)nc(-n2cccn2)n1. The topological polar surface area (TPSA) is 115 Å². The Bertz CT molecular complexity index is 550. The molecule has 2 aromatic rings. The van der Waals surface area contributed by atoms with Gasteiger partial charge in [0.05, 0.1) is 11.6 Å². The number of aliphatic hydroxyl groups excluding tert-OH is 1. The van der Waals surface area contributed by atoms with Crippen molar-refractivity contribution in [1.82, 2.24) is 24.7 Å². The van der Waals surface area contributed by atoms with Crippen molar-refractivity contribution in [3.63, 3.8) is 0 Å². The first-order chi connectivity index (χ1) is 8.88. The van der Waals surface area contributed by atoms with Crippen LogP contribution < -0.4 is 11.1 Å². The molecule has 0 spiro atoms. The lowest BCUT2D eigenvalue weighted by molar-refractivity contribution is 0.132. The van der Waals surface area contributed by atoms with Crippen LogP contribution in [0.1, 0.15) is 20.8 Å². The Labute approximate surface area is 110 Å². The Kier molecular flexibility index (Phi) is 3.34. The molecule has 0 aliphatic rings. The van der Waals surface area contributed by atoms with Gasteiger partial charge in [-0.3, -0.25) is 0 Å². The predicted octanol–water partition coefficient (Wildman–Crippen LogP) is 0.211. The molecule has 2 heterocycles. The minimum Gasteiger partial charge on any atom is -0.391 e. The molecule has 0 amide bonds. The van der Waals surface area contributed by atoms with Crippen molar-refractivity contribution >= 4 is 11.9 Å². The highest BCUT2D eigenvalue weighted by Crippen LogP contribution is 2.16. The summed E-state index contributed by atoms with van der Waals surface area (Å²) in [5, 5.41) is 16.7. The van der Waals surface area contributed by atoms with E-state index in [-0.39, 0.29) is 5.95 Å². The van der Waals surface area contributed by atoms with E-state index in [0.29, 0.717) is 11.9 Å². The van der Waals surface area contributed by atoms with Gasteiger partial charge < -0.3 is 16.2 Å². The van der Waals surface area contributed by atoms with Gasteiger partial charge in [-0.1, -0.05) is 0 Å². The Hall–Kier alpha value is -2.22. The van der Waals surface area contributed by atoms with Crippen LogP contribution in [0.2, 0.25) is 0 Å². The zero-order valence-electron chi connectivity index (χ0n) is 11.1. The average molecular weight is 263 g/mol. The molecule has 8 heteroatoms. The molecule has 102 valence electrons. The van der Waals surface area contributed by atoms with Crippen molar-refractivity contribution < 1.29 is 5.11 Å². The number of nitrogens with one attached hydrogen (secondary N) is 1. The van der Waals surface area contributed by atoms with Crippen LogP contribution in [0.25, 0.3) is 5.95 Å². The number of rotatable bonds is 4. The quantitative estimate of drug-likeness (QED) is 0.722. The summed E-state index contributed by atoms with van der Waals surface area (Å²) in [6, 6.07) is 1.76. The minimum atomic E-state index is -0.588. The molecular formula is C11H17N7O. The van der Waals surface area contributed by atoms with Crippen LogP contribution in [0.15, 0.2) is 18.5 Å². The first-order valence-corrected chi connectivity index (χ1v) is 5.86. The van der Waals surface area contributed by atoms with Crippen LogP contribution >= 0.6 is 0 Å². The molecule has 2 aromatic heterocycles. The summed E-state index contributed by atoms with van der Waals surface area (Å²) in [5.41, 5.74) is 5.07. The molecule has 0 saturated carbocycles. The van der Waals surface area contributed by atoms with E-state index in [1.807, 2.05) is 13.8 Å². The fourth-order valence-electron chi connectivity index (χ4n) is 1.32. The first-order valence-electron chi connectivity index (χ1n) is 5.86. The van der Waals surface area contributed by atoms with Gasteiger partial charge in [-0.2, -0.15) is 20.1 Å². The predicted molar refractivity (Wildman–Crippen MR) is 70.7 cm³/mol. The smallest absolute Gasteiger partial charge is 0.257 e. The number of hydrogen-bond donors (Lipinski definition) is 3. The van der Waals surface area contributed by atoms with Crippen molar-refractivity contribution in [3.8, 4) is 5.95 Å². The van der Waals surface area contributed by atoms with Crippen LogP contribution in [0.5, 0.6) is 0 Å². The standard InChI is InChI=1S/C11H17N7O/c1-7(19)11(2,3)17-9-14-8(12)15-10(16-9)18-6-4-5-13-18/h4-7,19H,1-3H3,(H3,12,14,15,16,17). The van der Waals surface area contributed by atoms with Gasteiger partial charge >= 0.3 is 0 Å². The second-order valence-corrected chi connectivity index (χ2v) is 4.79. The molecule has 2 rings (SSSR count). The van der Waals surface area contributed by atoms with Crippen LogP contribution in [0.4, 0.5) is 11.9 Å². The summed E-state index contributed by atoms with van der Waals surface area (Å²) >= 11 is 0. The summed E-state index contributed by atoms with van der Waals surface area (Å²) in [6.45, 7) is 5.36. The normalized spacial score (nSPS) is 13.3. The molecule has 1 atom stereocenters. The lowest BCUT2D eigenvalue weighted by Crippen LogP contribution is -2.42. The Balaban J connectivity index is 2.32. The second-order valence-electron chi connectivity index (χ2n) is 4.79. The monoisotopic (exact) mass is 263 g/mol. The molecule has 4 N–H and O–H groups in total. The van der Waals surface area contributed by atoms with E-state index in [0.717, 1.165) is 0 Å². The fourth-order valence-corrected chi connectivity index (χ4v) is 1.32. The van der Waals surface area contributed by atoms with E-state index in [4.69, 9.17) is 5.73 Å². The van der Waals surface area contributed by atoms with E-state index in [1.54, 1.807) is 25.4 Å². The number of hydrogen-bond acceptors (Lipinski definition) is 7. The van der Waals surface area contributed by atoms with Gasteiger partial charge in [-0.05, 0) is 26.8 Å². The molecule has 1 unspecified atom stereocenters. The summed E-state index contributed by atoms with van der Waals surface area (Å²) in [6.07, 6.45) is 2.74. The molecule has 0 fully saturated rings. The van der Waals surface area contributed by atoms with Gasteiger partial charge in [0, 0.05) is 12.4 Å². The minimum absolute atomic E-state index is 0.0874. The number of aliphatic hydroxyl groups is 1. The maximum absolute atomic E-state index is 9.68. The van der Waals surface area contributed by atoms with Crippen molar-refractivity contribution in [2.45, 2.75) is 32.4 Å². The van der Waals surface area contributed by atoms with Gasteiger partial charge in [-0.15, -0.1) is 0 Å². The van der Waals surface area contributed by atoms with Gasteiger partial charge in [0.2, 0.25) is 11.9 Å². The van der Waals surface area contributed by atoms with Crippen molar-refractivity contribution in [2.75, 3.05) is 11.1 Å². The highest BCUT2D eigenvalue weighted by atomic mass is 16.3. The third-order valence-electron chi connectivity index (χ3n) is 2.83. The van der Waals surface area contributed by atoms with Crippen LogP contribution in [0.3, 0.4) is 0 Å². The van der Waals surface area contributed by atoms with Crippen LogP contribution in [0, 0.1) is 0 Å². The molecular weight excluding hydrogens is 246 g/mol. The van der Waals surface area contributed by atoms with E-state index >= 15 is 0 Å². The summed E-state index contributed by atoms with van der Waals surface area (Å²) < 4.78 is 1.48. The molecule has 8 nitrogen and oxygen atoms in total. The largest absolute Gasteiger partial charge is 0.391 e. The average Bonchev–Trinajstić information content (AvgIpc) is 2.80. The van der Waals surface area contributed by atoms with Gasteiger partial charge in [0.1, 0.15) is 0 Å². The van der Waals surface area contributed by atoms with E-state index in [2.05, 4.69) is 25.4 Å². The Morgan fingerprint density at radius 3 is 2.68 bits per heavy atom. The fraction of sp³-hybridized carbons (Fsp3) is 0.455. The lowest BCUT2D eigenvalue weighted by atomic mass is 9.99. The van der Waals surface area contributed by atoms with Crippen LogP contribution in [-0.2, 0) is 0 Å². The maximum Gasteiger partial charge on any atom is 0.257 e. The van der Waals surface area contributed by atoms with E-state index in [1.165, 1.54) is 4.68 Å². The van der Waals surface area contributed by atoms with Gasteiger partial charge in [-0.25, -0.2) is 4.68 Å². The number of aromatic nitrogens is 5. The first kappa shape index (κ1) is 13.2. The van der Waals surface area contributed by atoms with Gasteiger partial charge in [0.25, 0.3) is 5.95 Å². The third kappa shape index (κ3) is 2.97. The molecule has 0 saturated heterocycles.